The molecule has 0 bridgehead atoms. The van der Waals surface area contributed by atoms with Gasteiger partial charge in [-0.1, -0.05) is 141 Å². The van der Waals surface area contributed by atoms with E-state index in [9.17, 15) is 0 Å². The van der Waals surface area contributed by atoms with Crippen molar-refractivity contribution in [3.05, 3.63) is 204 Å². The van der Waals surface area contributed by atoms with Crippen molar-refractivity contribution in [3.63, 3.8) is 0 Å². The van der Waals surface area contributed by atoms with Gasteiger partial charge in [-0.05, 0) is 98.6 Å². The van der Waals surface area contributed by atoms with E-state index in [1.54, 1.807) is 0 Å². The van der Waals surface area contributed by atoms with E-state index < -0.39 is 0 Å². The molecule has 69 heavy (non-hydrogen) atoms. The van der Waals surface area contributed by atoms with Crippen LogP contribution in [0.15, 0.2) is 152 Å². The SMILES string of the molecule is CC(C)(C)c1cc(Oc2[c-]c3c(cc2)c2ccccc2n3-c2cc(C(C)(C)C)ccn2)[c-]c(N2[CH-]N(c3cc4c5c(c3)C(C)(C)c3ccccc3N5c3ccccc3C4(C)C)c3ccccc32)c1.[Pt]. The van der Waals surface area contributed by atoms with E-state index in [1.807, 2.05) is 12.3 Å². The molecule has 7 aromatic carbocycles. The molecule has 0 atom stereocenters. The van der Waals surface area contributed by atoms with E-state index >= 15 is 0 Å². The largest absolute Gasteiger partial charge is 0.509 e. The standard InChI is InChI=1S/C62H56N5O.Pt/c1-59(2,3)39-29-30-63-57(33-39)66-51-22-14-11-19-45(51)46-28-27-43(37-56(46)66)68-44-32-40(60(4,5)6)31-41(34-44)64-38-65(55-26-18-17-25-54(55)64)42-35-49-58-50(36-42)62(9,10)48-21-13-16-24-53(48)67(58)52-23-15-12-20-47(52)61(49,7)8;/h11-33,35-36,38H,1-10H3;/q-3;. The number of pyridine rings is 1. The van der Waals surface area contributed by atoms with Gasteiger partial charge in [0, 0.05) is 72.2 Å². The van der Waals surface area contributed by atoms with E-state index in [1.165, 1.54) is 44.9 Å². The van der Waals surface area contributed by atoms with Crippen LogP contribution in [0.3, 0.4) is 0 Å². The van der Waals surface area contributed by atoms with Crippen LogP contribution in [-0.4, -0.2) is 9.55 Å². The van der Waals surface area contributed by atoms with Gasteiger partial charge in [0.05, 0.1) is 17.1 Å². The summed E-state index contributed by atoms with van der Waals surface area (Å²) < 4.78 is 9.11. The van der Waals surface area contributed by atoms with Crippen LogP contribution in [-0.2, 0) is 42.7 Å². The Morgan fingerprint density at radius 3 is 1.75 bits per heavy atom. The van der Waals surface area contributed by atoms with Crippen LogP contribution >= 0.6 is 0 Å². The third-order valence-corrected chi connectivity index (χ3v) is 14.8. The summed E-state index contributed by atoms with van der Waals surface area (Å²) in [7, 11) is 0. The molecule has 5 heterocycles. The van der Waals surface area contributed by atoms with Gasteiger partial charge in [-0.25, -0.2) is 4.98 Å². The number of fused-ring (bicyclic) bond motifs is 8. The molecule has 9 aromatic rings. The average molecular weight is 1080 g/mol. The third-order valence-electron chi connectivity index (χ3n) is 14.8. The fourth-order valence-electron chi connectivity index (χ4n) is 11.0. The molecule has 0 spiro atoms. The maximum Gasteiger partial charge on any atom is 0.135 e. The summed E-state index contributed by atoms with van der Waals surface area (Å²) in [4.78, 5) is 12.1. The van der Waals surface area contributed by atoms with E-state index in [2.05, 4.69) is 247 Å². The first-order valence-corrected chi connectivity index (χ1v) is 23.9. The molecular weight excluding hydrogens is 1030 g/mol. The summed E-state index contributed by atoms with van der Waals surface area (Å²) in [5.41, 5.74) is 16.9. The molecule has 7 heteroatoms. The van der Waals surface area contributed by atoms with Gasteiger partial charge in [-0.2, -0.15) is 6.07 Å². The molecule has 0 fully saturated rings. The Balaban J connectivity index is 0.00000520. The summed E-state index contributed by atoms with van der Waals surface area (Å²) in [6.45, 7) is 25.2. The van der Waals surface area contributed by atoms with E-state index in [0.717, 1.165) is 55.9 Å². The van der Waals surface area contributed by atoms with E-state index in [4.69, 9.17) is 9.72 Å². The number of anilines is 7. The number of benzene rings is 7. The third kappa shape index (κ3) is 6.96. The number of hydrogen-bond donors (Lipinski definition) is 0. The van der Waals surface area contributed by atoms with Crippen LogP contribution in [0, 0.1) is 18.8 Å². The molecule has 12 rings (SSSR count). The van der Waals surface area contributed by atoms with Crippen LogP contribution in [0.1, 0.15) is 103 Å². The first-order valence-electron chi connectivity index (χ1n) is 23.9. The second-order valence-corrected chi connectivity index (χ2v) is 21.9. The van der Waals surface area contributed by atoms with Crippen molar-refractivity contribution in [2.24, 2.45) is 0 Å². The number of para-hydroxylation sites is 5. The van der Waals surface area contributed by atoms with Crippen molar-refractivity contribution in [2.75, 3.05) is 14.7 Å². The molecule has 0 aliphatic carbocycles. The Kier molecular flexibility index (Phi) is 10.2. The first kappa shape index (κ1) is 44.9. The van der Waals surface area contributed by atoms with Crippen molar-refractivity contribution >= 4 is 61.6 Å². The molecule has 0 saturated carbocycles. The summed E-state index contributed by atoms with van der Waals surface area (Å²) in [6.07, 6.45) is 1.91. The van der Waals surface area contributed by atoms with E-state index in [0.29, 0.717) is 11.5 Å². The zero-order chi connectivity index (χ0) is 47.1. The maximum absolute atomic E-state index is 6.90. The van der Waals surface area contributed by atoms with Gasteiger partial charge >= 0.3 is 0 Å². The molecule has 3 aliphatic heterocycles. The Bertz CT molecular complexity index is 3450. The molecular formula is C62H56N5OPt-3. The zero-order valence-electron chi connectivity index (χ0n) is 41.0. The first-order chi connectivity index (χ1) is 32.5. The molecule has 0 N–H and O–H groups in total. The van der Waals surface area contributed by atoms with Crippen molar-refractivity contribution < 1.29 is 25.8 Å². The van der Waals surface area contributed by atoms with Gasteiger partial charge in [-0.3, -0.25) is 0 Å². The number of hydrogen-bond acceptors (Lipinski definition) is 5. The van der Waals surface area contributed by atoms with Crippen molar-refractivity contribution in [1.82, 2.24) is 9.55 Å². The van der Waals surface area contributed by atoms with Crippen LogP contribution in [0.4, 0.5) is 39.8 Å². The Morgan fingerprint density at radius 2 is 1.12 bits per heavy atom. The summed E-state index contributed by atoms with van der Waals surface area (Å²) in [6, 6.07) is 60.3. The Hall–Kier alpha value is -6.62. The Labute approximate surface area is 421 Å². The normalized spacial score (nSPS) is 15.4. The van der Waals surface area contributed by atoms with E-state index in [-0.39, 0.29) is 42.7 Å². The van der Waals surface area contributed by atoms with Crippen molar-refractivity contribution in [2.45, 2.75) is 90.9 Å². The minimum atomic E-state index is -0.253. The quantitative estimate of drug-likeness (QED) is 0.161. The molecule has 0 amide bonds. The number of rotatable bonds is 5. The fourth-order valence-corrected chi connectivity index (χ4v) is 11.0. The topological polar surface area (TPSA) is 36.8 Å². The van der Waals surface area contributed by atoms with Gasteiger partial charge in [0.25, 0.3) is 0 Å². The minimum absolute atomic E-state index is 0. The van der Waals surface area contributed by atoms with Crippen molar-refractivity contribution in [1.29, 1.82) is 0 Å². The van der Waals surface area contributed by atoms with Gasteiger partial charge in [0.15, 0.2) is 0 Å². The van der Waals surface area contributed by atoms with Crippen LogP contribution < -0.4 is 19.4 Å². The predicted molar refractivity (Wildman–Crippen MR) is 281 cm³/mol. The molecule has 6 nitrogen and oxygen atoms in total. The van der Waals surface area contributed by atoms with Gasteiger partial charge in [0.1, 0.15) is 5.82 Å². The fraction of sp³-hybridized carbons (Fsp3) is 0.226. The molecule has 0 unspecified atom stereocenters. The van der Waals surface area contributed by atoms with Crippen LogP contribution in [0.2, 0.25) is 0 Å². The van der Waals surface area contributed by atoms with Crippen LogP contribution in [0.25, 0.3) is 27.6 Å². The summed E-state index contributed by atoms with van der Waals surface area (Å²) in [5, 5.41) is 2.24. The smallest absolute Gasteiger partial charge is 0.135 e. The van der Waals surface area contributed by atoms with Crippen molar-refractivity contribution in [3.8, 4) is 17.3 Å². The van der Waals surface area contributed by atoms with Crippen LogP contribution in [0.5, 0.6) is 11.5 Å². The second kappa shape index (κ2) is 15.7. The Morgan fingerprint density at radius 1 is 0.536 bits per heavy atom. The van der Waals surface area contributed by atoms with Gasteiger partial charge in [-0.15, -0.1) is 53.6 Å². The monoisotopic (exact) mass is 1080 g/mol. The molecule has 0 saturated heterocycles. The second-order valence-electron chi connectivity index (χ2n) is 21.9. The zero-order valence-corrected chi connectivity index (χ0v) is 43.2. The average Bonchev–Trinajstić information content (AvgIpc) is 3.87. The van der Waals surface area contributed by atoms with Gasteiger partial charge < -0.3 is 24.0 Å². The van der Waals surface area contributed by atoms with Gasteiger partial charge in [0.2, 0.25) is 0 Å². The predicted octanol–water partition coefficient (Wildman–Crippen LogP) is 16.3. The number of aromatic nitrogens is 2. The number of ether oxygens (including phenoxy) is 1. The molecule has 348 valence electrons. The maximum atomic E-state index is 6.90. The molecule has 2 aromatic heterocycles. The number of nitrogens with zero attached hydrogens (tertiary/aromatic N) is 5. The minimum Gasteiger partial charge on any atom is -0.509 e. The summed E-state index contributed by atoms with van der Waals surface area (Å²) in [5.74, 6) is 2.09. The summed E-state index contributed by atoms with van der Waals surface area (Å²) >= 11 is 0. The molecule has 0 radical (unpaired) electrons. The molecule has 3 aliphatic rings.